The molecule has 1 aromatic rings. The Balaban J connectivity index is 2.49. The number of aryl methyl sites for hydroxylation is 1. The van der Waals surface area contributed by atoms with E-state index in [4.69, 9.17) is 0 Å². The fourth-order valence-electron chi connectivity index (χ4n) is 1.93. The Hall–Kier alpha value is -1.48. The number of phenolic OH excluding ortho intramolecular Hbond substituents is 2. The Morgan fingerprint density at radius 2 is 1.84 bits per heavy atom. The molecule has 0 saturated heterocycles. The summed E-state index contributed by atoms with van der Waals surface area (Å²) in [6.07, 6.45) is 5.03. The molecule has 19 heavy (non-hydrogen) atoms. The summed E-state index contributed by atoms with van der Waals surface area (Å²) < 4.78 is 0. The van der Waals surface area contributed by atoms with Crippen molar-refractivity contribution in [3.05, 3.63) is 35.4 Å². The van der Waals surface area contributed by atoms with Crippen LogP contribution in [-0.4, -0.2) is 20.9 Å². The van der Waals surface area contributed by atoms with Crippen molar-refractivity contribution in [1.29, 1.82) is 0 Å². The average molecular weight is 264 g/mol. The molecule has 1 aromatic carbocycles. The molecule has 0 aliphatic rings. The summed E-state index contributed by atoms with van der Waals surface area (Å²) in [5.41, 5.74) is 1.47. The van der Waals surface area contributed by atoms with Gasteiger partial charge in [0.15, 0.2) is 11.5 Å². The SMILES string of the molecule is CC(C)=CCCC(C)(O)CCc1ccc(O)c(O)c1. The molecule has 0 aliphatic heterocycles. The highest BCUT2D eigenvalue weighted by molar-refractivity contribution is 5.40. The Kier molecular flexibility index (Phi) is 5.43. The van der Waals surface area contributed by atoms with Crippen molar-refractivity contribution in [3.63, 3.8) is 0 Å². The Bertz CT molecular complexity index is 443. The van der Waals surface area contributed by atoms with E-state index in [0.717, 1.165) is 18.4 Å². The van der Waals surface area contributed by atoms with Gasteiger partial charge >= 0.3 is 0 Å². The Labute approximate surface area is 115 Å². The zero-order chi connectivity index (χ0) is 14.5. The highest BCUT2D eigenvalue weighted by atomic mass is 16.3. The first-order valence-corrected chi connectivity index (χ1v) is 6.67. The molecular formula is C16H24O3. The maximum Gasteiger partial charge on any atom is 0.157 e. The van der Waals surface area contributed by atoms with Crippen LogP contribution in [0.2, 0.25) is 0 Å². The van der Waals surface area contributed by atoms with E-state index in [1.165, 1.54) is 11.6 Å². The van der Waals surface area contributed by atoms with Crippen molar-refractivity contribution < 1.29 is 15.3 Å². The summed E-state index contributed by atoms with van der Waals surface area (Å²) in [5, 5.41) is 28.9. The van der Waals surface area contributed by atoms with Crippen LogP contribution in [0.4, 0.5) is 0 Å². The van der Waals surface area contributed by atoms with Crippen LogP contribution in [0.1, 0.15) is 45.6 Å². The summed E-state index contributed by atoms with van der Waals surface area (Å²) >= 11 is 0. The van der Waals surface area contributed by atoms with Crippen LogP contribution in [-0.2, 0) is 6.42 Å². The predicted octanol–water partition coefficient (Wildman–Crippen LogP) is 3.53. The maximum absolute atomic E-state index is 10.3. The van der Waals surface area contributed by atoms with Gasteiger partial charge in [0.05, 0.1) is 5.60 Å². The molecule has 0 fully saturated rings. The molecule has 0 spiro atoms. The number of benzene rings is 1. The van der Waals surface area contributed by atoms with Crippen molar-refractivity contribution >= 4 is 0 Å². The first-order chi connectivity index (χ1) is 8.80. The molecule has 3 N–H and O–H groups in total. The third kappa shape index (κ3) is 5.79. The van der Waals surface area contributed by atoms with Gasteiger partial charge in [0.1, 0.15) is 0 Å². The van der Waals surface area contributed by atoms with Gasteiger partial charge in [-0.2, -0.15) is 0 Å². The zero-order valence-electron chi connectivity index (χ0n) is 12.0. The summed E-state index contributed by atoms with van der Waals surface area (Å²) in [7, 11) is 0. The highest BCUT2D eigenvalue weighted by Gasteiger charge is 2.19. The van der Waals surface area contributed by atoms with Gasteiger partial charge in [-0.25, -0.2) is 0 Å². The molecule has 1 atom stereocenters. The van der Waals surface area contributed by atoms with E-state index in [-0.39, 0.29) is 11.5 Å². The molecule has 0 radical (unpaired) electrons. The van der Waals surface area contributed by atoms with Gasteiger partial charge in [-0.1, -0.05) is 17.7 Å². The largest absolute Gasteiger partial charge is 0.504 e. The number of rotatable bonds is 6. The van der Waals surface area contributed by atoms with E-state index < -0.39 is 5.60 Å². The predicted molar refractivity (Wildman–Crippen MR) is 77.4 cm³/mol. The Morgan fingerprint density at radius 3 is 2.42 bits per heavy atom. The lowest BCUT2D eigenvalue weighted by Gasteiger charge is -2.22. The lowest BCUT2D eigenvalue weighted by molar-refractivity contribution is 0.0432. The minimum atomic E-state index is -0.709. The van der Waals surface area contributed by atoms with Crippen LogP contribution in [0.5, 0.6) is 11.5 Å². The maximum atomic E-state index is 10.3. The first kappa shape index (κ1) is 15.6. The van der Waals surface area contributed by atoms with Gasteiger partial charge in [-0.15, -0.1) is 0 Å². The average Bonchev–Trinajstić information content (AvgIpc) is 2.30. The summed E-state index contributed by atoms with van der Waals surface area (Å²) in [6, 6.07) is 4.78. The van der Waals surface area contributed by atoms with Crippen molar-refractivity contribution in [1.82, 2.24) is 0 Å². The van der Waals surface area contributed by atoms with Gasteiger partial charge in [0.2, 0.25) is 0 Å². The minimum Gasteiger partial charge on any atom is -0.504 e. The fraction of sp³-hybridized carbons (Fsp3) is 0.500. The number of aliphatic hydroxyl groups is 1. The van der Waals surface area contributed by atoms with Gasteiger partial charge in [0, 0.05) is 0 Å². The van der Waals surface area contributed by atoms with Crippen molar-refractivity contribution in [2.45, 2.75) is 52.1 Å². The van der Waals surface area contributed by atoms with E-state index in [9.17, 15) is 15.3 Å². The number of allylic oxidation sites excluding steroid dienone is 2. The van der Waals surface area contributed by atoms with Gasteiger partial charge in [0.25, 0.3) is 0 Å². The summed E-state index contributed by atoms with van der Waals surface area (Å²) in [6.45, 7) is 5.94. The molecule has 1 unspecified atom stereocenters. The number of phenols is 2. The minimum absolute atomic E-state index is 0.110. The second-order valence-corrected chi connectivity index (χ2v) is 5.64. The van der Waals surface area contributed by atoms with Gasteiger partial charge in [-0.05, 0) is 64.2 Å². The summed E-state index contributed by atoms with van der Waals surface area (Å²) in [4.78, 5) is 0. The number of hydrogen-bond donors (Lipinski definition) is 3. The molecular weight excluding hydrogens is 240 g/mol. The monoisotopic (exact) mass is 264 g/mol. The van der Waals surface area contributed by atoms with Crippen LogP contribution < -0.4 is 0 Å². The zero-order valence-corrected chi connectivity index (χ0v) is 12.0. The topological polar surface area (TPSA) is 60.7 Å². The van der Waals surface area contributed by atoms with Crippen LogP contribution in [0.3, 0.4) is 0 Å². The van der Waals surface area contributed by atoms with Crippen molar-refractivity contribution in [2.75, 3.05) is 0 Å². The Morgan fingerprint density at radius 1 is 1.16 bits per heavy atom. The molecule has 3 heteroatoms. The molecule has 0 saturated carbocycles. The second-order valence-electron chi connectivity index (χ2n) is 5.64. The molecule has 1 rings (SSSR count). The standard InChI is InChI=1S/C16H24O3/c1-12(2)5-4-9-16(3,19)10-8-13-6-7-14(17)15(18)11-13/h5-7,11,17-19H,4,8-10H2,1-3H3. The summed E-state index contributed by atoms with van der Waals surface area (Å²) in [5.74, 6) is -0.222. The quantitative estimate of drug-likeness (QED) is 0.544. The van der Waals surface area contributed by atoms with Crippen LogP contribution in [0.25, 0.3) is 0 Å². The second kappa shape index (κ2) is 6.62. The van der Waals surface area contributed by atoms with E-state index in [1.54, 1.807) is 12.1 Å². The number of hydrogen-bond acceptors (Lipinski definition) is 3. The third-order valence-electron chi connectivity index (χ3n) is 3.23. The normalized spacial score (nSPS) is 13.9. The lowest BCUT2D eigenvalue weighted by Crippen LogP contribution is -2.24. The molecule has 0 aliphatic carbocycles. The fourth-order valence-corrected chi connectivity index (χ4v) is 1.93. The molecule has 0 aromatic heterocycles. The van der Waals surface area contributed by atoms with Crippen molar-refractivity contribution in [3.8, 4) is 11.5 Å². The van der Waals surface area contributed by atoms with Crippen molar-refractivity contribution in [2.24, 2.45) is 0 Å². The smallest absolute Gasteiger partial charge is 0.157 e. The van der Waals surface area contributed by atoms with Gasteiger partial charge < -0.3 is 15.3 Å². The van der Waals surface area contributed by atoms with Crippen LogP contribution >= 0.6 is 0 Å². The van der Waals surface area contributed by atoms with E-state index in [2.05, 4.69) is 6.08 Å². The van der Waals surface area contributed by atoms with Crippen LogP contribution in [0.15, 0.2) is 29.8 Å². The molecule has 0 heterocycles. The first-order valence-electron chi connectivity index (χ1n) is 6.67. The third-order valence-corrected chi connectivity index (χ3v) is 3.23. The molecule has 106 valence electrons. The molecule has 3 nitrogen and oxygen atoms in total. The number of aromatic hydroxyl groups is 2. The highest BCUT2D eigenvalue weighted by Crippen LogP contribution is 2.27. The van der Waals surface area contributed by atoms with Gasteiger partial charge in [-0.3, -0.25) is 0 Å². The van der Waals surface area contributed by atoms with E-state index in [0.29, 0.717) is 12.8 Å². The molecule has 0 amide bonds. The molecule has 0 bridgehead atoms. The lowest BCUT2D eigenvalue weighted by atomic mass is 9.92. The van der Waals surface area contributed by atoms with Crippen LogP contribution in [0, 0.1) is 0 Å². The van der Waals surface area contributed by atoms with E-state index in [1.807, 2.05) is 20.8 Å². The van der Waals surface area contributed by atoms with E-state index >= 15 is 0 Å².